The van der Waals surface area contributed by atoms with Crippen LogP contribution in [0.3, 0.4) is 0 Å². The highest BCUT2D eigenvalue weighted by Gasteiger charge is 2.33. The van der Waals surface area contributed by atoms with Gasteiger partial charge in [-0.25, -0.2) is 0 Å². The van der Waals surface area contributed by atoms with Gasteiger partial charge in [0.15, 0.2) is 0 Å². The van der Waals surface area contributed by atoms with Crippen molar-refractivity contribution in [3.8, 4) is 0 Å². The number of hydrogen-bond donors (Lipinski definition) is 1. The number of likely N-dealkylation sites (tertiary alicyclic amines) is 1. The van der Waals surface area contributed by atoms with E-state index in [-0.39, 0.29) is 17.7 Å². The second-order valence-electron chi connectivity index (χ2n) is 4.40. The van der Waals surface area contributed by atoms with Crippen LogP contribution in [0.5, 0.6) is 0 Å². The van der Waals surface area contributed by atoms with Crippen molar-refractivity contribution in [1.82, 2.24) is 15.2 Å². The molecule has 0 radical (unpaired) electrons. The number of aromatic nitrogens is 1. The molecule has 0 aromatic carbocycles. The van der Waals surface area contributed by atoms with Crippen molar-refractivity contribution in [2.75, 3.05) is 20.1 Å². The highest BCUT2D eigenvalue weighted by Crippen LogP contribution is 2.27. The number of nitrogens with zero attached hydrogens (tertiary/aromatic N) is 2. The van der Waals surface area contributed by atoms with Crippen LogP contribution in [0.15, 0.2) is 24.4 Å². The van der Waals surface area contributed by atoms with Gasteiger partial charge in [-0.15, -0.1) is 0 Å². The molecule has 2 amide bonds. The largest absolute Gasteiger partial charge is 0.318 e. The minimum atomic E-state index is -0.0999. The van der Waals surface area contributed by atoms with Crippen LogP contribution < -0.4 is 5.32 Å². The van der Waals surface area contributed by atoms with Crippen molar-refractivity contribution < 1.29 is 9.59 Å². The molecule has 2 heterocycles. The van der Waals surface area contributed by atoms with Gasteiger partial charge in [-0.1, -0.05) is 6.07 Å². The molecule has 18 heavy (non-hydrogen) atoms. The Hall–Kier alpha value is -1.75. The lowest BCUT2D eigenvalue weighted by Gasteiger charge is -2.29. The number of hydrogen-bond acceptors (Lipinski definition) is 4. The number of amides is 2. The molecule has 0 bridgehead atoms. The predicted octanol–water partition coefficient (Wildman–Crippen LogP) is 0.534. The third-order valence-corrected chi connectivity index (χ3v) is 3.14. The van der Waals surface area contributed by atoms with Gasteiger partial charge in [0, 0.05) is 43.7 Å². The summed E-state index contributed by atoms with van der Waals surface area (Å²) in [5.41, 5.74) is 0.826. The van der Waals surface area contributed by atoms with Crippen molar-refractivity contribution in [2.45, 2.75) is 18.8 Å². The fraction of sp³-hybridized carbons (Fsp3) is 0.462. The van der Waals surface area contributed by atoms with Crippen molar-refractivity contribution in [3.63, 3.8) is 0 Å². The normalized spacial score (nSPS) is 17.3. The molecule has 0 atom stereocenters. The molecule has 0 saturated carbocycles. The van der Waals surface area contributed by atoms with E-state index in [0.29, 0.717) is 25.9 Å². The Bertz CT molecular complexity index is 415. The van der Waals surface area contributed by atoms with Crippen LogP contribution in [-0.4, -0.2) is 41.8 Å². The molecular formula is C13H17N3O2. The van der Waals surface area contributed by atoms with Crippen LogP contribution in [0.25, 0.3) is 0 Å². The van der Waals surface area contributed by atoms with Gasteiger partial charge in [-0.2, -0.15) is 0 Å². The average Bonchev–Trinajstić information content (AvgIpc) is 2.39. The number of carbonyl (C=O) groups is 2. The molecule has 1 saturated heterocycles. The van der Waals surface area contributed by atoms with Crippen molar-refractivity contribution in [1.29, 1.82) is 0 Å². The first-order valence-electron chi connectivity index (χ1n) is 6.11. The molecular weight excluding hydrogens is 230 g/mol. The number of imide groups is 1. The Kier molecular flexibility index (Phi) is 4.04. The van der Waals surface area contributed by atoms with E-state index in [0.717, 1.165) is 5.69 Å². The Morgan fingerprint density at radius 3 is 2.61 bits per heavy atom. The Balaban J connectivity index is 2.05. The summed E-state index contributed by atoms with van der Waals surface area (Å²) in [6.07, 6.45) is 2.43. The molecule has 1 aliphatic heterocycles. The van der Waals surface area contributed by atoms with E-state index in [4.69, 9.17) is 0 Å². The van der Waals surface area contributed by atoms with Crippen LogP contribution >= 0.6 is 0 Å². The molecule has 1 fully saturated rings. The topological polar surface area (TPSA) is 62.3 Å². The quantitative estimate of drug-likeness (QED) is 0.789. The molecule has 5 nitrogen and oxygen atoms in total. The highest BCUT2D eigenvalue weighted by atomic mass is 16.2. The summed E-state index contributed by atoms with van der Waals surface area (Å²) < 4.78 is 0. The smallest absolute Gasteiger partial charge is 0.229 e. The minimum absolute atomic E-state index is 0.0722. The minimum Gasteiger partial charge on any atom is -0.318 e. The van der Waals surface area contributed by atoms with Crippen molar-refractivity contribution in [3.05, 3.63) is 30.1 Å². The van der Waals surface area contributed by atoms with Crippen LogP contribution in [0.2, 0.25) is 0 Å². The first-order chi connectivity index (χ1) is 8.72. The van der Waals surface area contributed by atoms with Crippen LogP contribution in [-0.2, 0) is 9.59 Å². The molecule has 0 unspecified atom stereocenters. The zero-order valence-corrected chi connectivity index (χ0v) is 10.4. The molecule has 1 aliphatic rings. The van der Waals surface area contributed by atoms with E-state index in [1.54, 1.807) is 13.2 Å². The second-order valence-corrected chi connectivity index (χ2v) is 4.40. The molecule has 0 aliphatic carbocycles. The lowest BCUT2D eigenvalue weighted by atomic mass is 9.92. The van der Waals surface area contributed by atoms with Crippen molar-refractivity contribution >= 4 is 11.8 Å². The highest BCUT2D eigenvalue weighted by molar-refractivity contribution is 5.98. The Morgan fingerprint density at radius 2 is 2.06 bits per heavy atom. The molecule has 2 rings (SSSR count). The van der Waals surface area contributed by atoms with Gasteiger partial charge < -0.3 is 5.32 Å². The van der Waals surface area contributed by atoms with Crippen LogP contribution in [0.4, 0.5) is 0 Å². The maximum Gasteiger partial charge on any atom is 0.229 e. The zero-order valence-electron chi connectivity index (χ0n) is 10.4. The number of piperidine rings is 1. The van der Waals surface area contributed by atoms with Crippen LogP contribution in [0, 0.1) is 0 Å². The van der Waals surface area contributed by atoms with Gasteiger partial charge in [0.25, 0.3) is 0 Å². The third kappa shape index (κ3) is 2.73. The summed E-state index contributed by atoms with van der Waals surface area (Å²) in [5, 5.41) is 2.94. The van der Waals surface area contributed by atoms with E-state index in [1.807, 2.05) is 18.2 Å². The molecule has 1 aromatic heterocycles. The first-order valence-corrected chi connectivity index (χ1v) is 6.11. The van der Waals surface area contributed by atoms with Gasteiger partial charge in [-0.3, -0.25) is 19.5 Å². The Morgan fingerprint density at radius 1 is 1.33 bits per heavy atom. The van der Waals surface area contributed by atoms with Gasteiger partial charge in [0.2, 0.25) is 11.8 Å². The number of likely N-dealkylation sites (N-methyl/N-ethyl adjacent to an activating group) is 1. The molecule has 1 N–H and O–H groups in total. The summed E-state index contributed by atoms with van der Waals surface area (Å²) in [6.45, 7) is 1.08. The monoisotopic (exact) mass is 247 g/mol. The summed E-state index contributed by atoms with van der Waals surface area (Å²) in [6, 6.07) is 5.58. The van der Waals surface area contributed by atoms with E-state index in [9.17, 15) is 9.59 Å². The number of rotatable bonds is 4. The van der Waals surface area contributed by atoms with E-state index < -0.39 is 0 Å². The SMILES string of the molecule is CNCCN1C(=O)CC(c2ccccn2)CC1=O. The fourth-order valence-corrected chi connectivity index (χ4v) is 2.15. The third-order valence-electron chi connectivity index (χ3n) is 3.14. The lowest BCUT2D eigenvalue weighted by molar-refractivity contribution is -0.148. The van der Waals surface area contributed by atoms with Crippen LogP contribution in [0.1, 0.15) is 24.5 Å². The van der Waals surface area contributed by atoms with Gasteiger partial charge >= 0.3 is 0 Å². The number of carbonyl (C=O) groups excluding carboxylic acids is 2. The van der Waals surface area contributed by atoms with Gasteiger partial charge in [0.1, 0.15) is 0 Å². The summed E-state index contributed by atoms with van der Waals surface area (Å²) in [7, 11) is 1.80. The molecule has 5 heteroatoms. The second kappa shape index (κ2) is 5.73. The van der Waals surface area contributed by atoms with E-state index >= 15 is 0 Å². The zero-order chi connectivity index (χ0) is 13.0. The summed E-state index contributed by atoms with van der Waals surface area (Å²) >= 11 is 0. The molecule has 96 valence electrons. The van der Waals surface area contributed by atoms with Gasteiger partial charge in [0.05, 0.1) is 0 Å². The number of nitrogens with one attached hydrogen (secondary N) is 1. The fourth-order valence-electron chi connectivity index (χ4n) is 2.15. The lowest BCUT2D eigenvalue weighted by Crippen LogP contribution is -2.45. The van der Waals surface area contributed by atoms with E-state index in [2.05, 4.69) is 10.3 Å². The molecule has 1 aromatic rings. The Labute approximate surface area is 106 Å². The van der Waals surface area contributed by atoms with Gasteiger partial charge in [-0.05, 0) is 19.2 Å². The van der Waals surface area contributed by atoms with Crippen molar-refractivity contribution in [2.24, 2.45) is 0 Å². The maximum atomic E-state index is 11.9. The average molecular weight is 247 g/mol. The first kappa shape index (κ1) is 12.7. The molecule has 0 spiro atoms. The van der Waals surface area contributed by atoms with E-state index in [1.165, 1.54) is 4.90 Å². The summed E-state index contributed by atoms with van der Waals surface area (Å²) in [4.78, 5) is 29.5. The number of pyridine rings is 1. The summed E-state index contributed by atoms with van der Waals surface area (Å²) in [5.74, 6) is -0.272. The predicted molar refractivity (Wildman–Crippen MR) is 66.9 cm³/mol. The standard InChI is InChI=1S/C13H17N3O2/c1-14-6-7-16-12(17)8-10(9-13(16)18)11-4-2-3-5-15-11/h2-5,10,14H,6-9H2,1H3. The maximum absolute atomic E-state index is 11.9.